The lowest BCUT2D eigenvalue weighted by atomic mass is 10.1. The van der Waals surface area contributed by atoms with Gasteiger partial charge in [0.2, 0.25) is 5.89 Å². The van der Waals surface area contributed by atoms with Gasteiger partial charge in [0.1, 0.15) is 6.26 Å². The van der Waals surface area contributed by atoms with E-state index >= 15 is 0 Å². The van der Waals surface area contributed by atoms with Gasteiger partial charge < -0.3 is 14.1 Å². The van der Waals surface area contributed by atoms with E-state index in [-0.39, 0.29) is 0 Å². The van der Waals surface area contributed by atoms with Gasteiger partial charge in [-0.25, -0.2) is 9.78 Å². The molecule has 0 saturated carbocycles. The Bertz CT molecular complexity index is 462. The molecule has 2 heterocycles. The third-order valence-corrected chi connectivity index (χ3v) is 2.49. The van der Waals surface area contributed by atoms with E-state index in [9.17, 15) is 4.79 Å². The van der Waals surface area contributed by atoms with Crippen LogP contribution in [0.3, 0.4) is 0 Å². The summed E-state index contributed by atoms with van der Waals surface area (Å²) < 4.78 is 10.1. The number of aryl methyl sites for hydroxylation is 1. The molecule has 5 heteroatoms. The second-order valence-corrected chi connectivity index (χ2v) is 3.78. The van der Waals surface area contributed by atoms with Crippen LogP contribution in [0, 0.1) is 6.92 Å². The Labute approximate surface area is 99.4 Å². The number of oxazole rings is 1. The topological polar surface area (TPSA) is 55.6 Å². The molecular weight excluding hydrogens is 220 g/mol. The minimum Gasteiger partial charge on any atom is -0.444 e. The number of nitrogens with zero attached hydrogens (tertiary/aromatic N) is 2. The summed E-state index contributed by atoms with van der Waals surface area (Å²) in [5.41, 5.74) is 1.73. The molecule has 1 aliphatic rings. The van der Waals surface area contributed by atoms with Gasteiger partial charge in [-0.15, -0.1) is 0 Å². The van der Waals surface area contributed by atoms with E-state index in [2.05, 4.69) is 11.6 Å². The van der Waals surface area contributed by atoms with Crippen LogP contribution >= 0.6 is 0 Å². The minimum atomic E-state index is -0.395. The van der Waals surface area contributed by atoms with Crippen LogP contribution in [-0.4, -0.2) is 29.1 Å². The van der Waals surface area contributed by atoms with Crippen LogP contribution in [0.4, 0.5) is 4.79 Å². The molecular formula is C12H14N2O3. The van der Waals surface area contributed by atoms with Crippen molar-refractivity contribution in [3.8, 4) is 0 Å². The molecule has 0 radical (unpaired) electrons. The largest absolute Gasteiger partial charge is 0.444 e. The number of rotatable bonds is 2. The number of amides is 1. The maximum absolute atomic E-state index is 11.5. The predicted molar refractivity (Wildman–Crippen MR) is 62.1 cm³/mol. The van der Waals surface area contributed by atoms with E-state index in [0.29, 0.717) is 19.0 Å². The van der Waals surface area contributed by atoms with Gasteiger partial charge in [0.05, 0.1) is 18.5 Å². The Morgan fingerprint density at radius 1 is 1.71 bits per heavy atom. The lowest BCUT2D eigenvalue weighted by molar-refractivity contribution is 0.142. The van der Waals surface area contributed by atoms with Gasteiger partial charge in [-0.2, -0.15) is 0 Å². The first-order chi connectivity index (χ1) is 8.20. The summed E-state index contributed by atoms with van der Waals surface area (Å²) in [5, 5.41) is 0. The van der Waals surface area contributed by atoms with Crippen LogP contribution in [-0.2, 0) is 4.74 Å². The van der Waals surface area contributed by atoms with Crippen molar-refractivity contribution in [1.82, 2.24) is 9.88 Å². The summed E-state index contributed by atoms with van der Waals surface area (Å²) in [4.78, 5) is 17.4. The molecule has 0 spiro atoms. The normalized spacial score (nSPS) is 15.4. The molecule has 5 nitrogen and oxygen atoms in total. The fraction of sp³-hybridized carbons (Fsp3) is 0.333. The lowest BCUT2D eigenvalue weighted by Crippen LogP contribution is -2.35. The van der Waals surface area contributed by atoms with Crippen molar-refractivity contribution in [3.63, 3.8) is 0 Å². The smallest absolute Gasteiger partial charge is 0.414 e. The molecule has 90 valence electrons. The Morgan fingerprint density at radius 3 is 3.18 bits per heavy atom. The van der Waals surface area contributed by atoms with E-state index < -0.39 is 6.09 Å². The Balaban J connectivity index is 2.09. The van der Waals surface area contributed by atoms with Gasteiger partial charge in [-0.1, -0.05) is 12.7 Å². The highest BCUT2D eigenvalue weighted by molar-refractivity contribution is 5.73. The molecule has 0 bridgehead atoms. The third-order valence-electron chi connectivity index (χ3n) is 2.49. The zero-order chi connectivity index (χ0) is 12.3. The van der Waals surface area contributed by atoms with Crippen molar-refractivity contribution in [1.29, 1.82) is 0 Å². The van der Waals surface area contributed by atoms with E-state index in [4.69, 9.17) is 9.15 Å². The monoisotopic (exact) mass is 234 g/mol. The Kier molecular flexibility index (Phi) is 3.27. The van der Waals surface area contributed by atoms with Crippen LogP contribution in [0.5, 0.6) is 0 Å². The van der Waals surface area contributed by atoms with Gasteiger partial charge in [-0.3, -0.25) is 0 Å². The number of aromatic nitrogens is 1. The first-order valence-corrected chi connectivity index (χ1v) is 5.38. The summed E-state index contributed by atoms with van der Waals surface area (Å²) in [7, 11) is 0. The van der Waals surface area contributed by atoms with Crippen LogP contribution in [0.1, 0.15) is 18.0 Å². The molecule has 1 aliphatic heterocycles. The van der Waals surface area contributed by atoms with Crippen LogP contribution in [0.2, 0.25) is 0 Å². The van der Waals surface area contributed by atoms with Gasteiger partial charge in [0, 0.05) is 12.1 Å². The molecule has 1 aromatic heterocycles. The van der Waals surface area contributed by atoms with Gasteiger partial charge in [0.15, 0.2) is 0 Å². The first kappa shape index (κ1) is 11.4. The lowest BCUT2D eigenvalue weighted by Gasteiger charge is -2.24. The molecule has 0 fully saturated rings. The zero-order valence-electron chi connectivity index (χ0n) is 9.68. The molecule has 17 heavy (non-hydrogen) atoms. The first-order valence-electron chi connectivity index (χ1n) is 5.38. The fourth-order valence-electron chi connectivity index (χ4n) is 1.70. The Hall–Kier alpha value is -2.04. The van der Waals surface area contributed by atoms with Crippen LogP contribution in [0.25, 0.3) is 5.57 Å². The quantitative estimate of drug-likeness (QED) is 0.737. The molecule has 0 unspecified atom stereocenters. The van der Waals surface area contributed by atoms with Crippen molar-refractivity contribution < 1.29 is 13.9 Å². The number of ether oxygens (including phenoxy) is 1. The van der Waals surface area contributed by atoms with E-state index in [1.807, 2.05) is 13.0 Å². The van der Waals surface area contributed by atoms with Gasteiger partial charge in [-0.05, 0) is 13.3 Å². The molecule has 1 aromatic rings. The fourth-order valence-corrected chi connectivity index (χ4v) is 1.70. The van der Waals surface area contributed by atoms with Crippen molar-refractivity contribution in [3.05, 3.63) is 36.8 Å². The Morgan fingerprint density at radius 2 is 2.53 bits per heavy atom. The third kappa shape index (κ3) is 2.55. The molecule has 1 amide bonds. The zero-order valence-corrected chi connectivity index (χ0v) is 9.68. The van der Waals surface area contributed by atoms with Crippen molar-refractivity contribution >= 4 is 11.7 Å². The highest BCUT2D eigenvalue weighted by Crippen LogP contribution is 2.20. The standard InChI is InChI=1S/C12H14N2O3/c1-3-16-12(15)14-6-4-5-10(7-14)11-13-9(2)8-17-11/h3,5,8H,1,4,6-7H2,2H3. The summed E-state index contributed by atoms with van der Waals surface area (Å²) in [6.07, 6.45) is 5.13. The van der Waals surface area contributed by atoms with E-state index in [0.717, 1.165) is 23.9 Å². The van der Waals surface area contributed by atoms with Crippen molar-refractivity contribution in [2.45, 2.75) is 13.3 Å². The SMILES string of the molecule is C=COC(=O)N1CCC=C(c2nc(C)co2)C1. The average molecular weight is 234 g/mol. The van der Waals surface area contributed by atoms with Crippen molar-refractivity contribution in [2.75, 3.05) is 13.1 Å². The number of carbonyl (C=O) groups is 1. The molecule has 0 saturated heterocycles. The number of hydrogen-bond donors (Lipinski definition) is 0. The van der Waals surface area contributed by atoms with E-state index in [1.165, 1.54) is 0 Å². The molecule has 0 aliphatic carbocycles. The van der Waals surface area contributed by atoms with Crippen LogP contribution in [0.15, 0.2) is 29.6 Å². The highest BCUT2D eigenvalue weighted by Gasteiger charge is 2.21. The minimum absolute atomic E-state index is 0.395. The number of carbonyl (C=O) groups excluding carboxylic acids is 1. The van der Waals surface area contributed by atoms with Crippen molar-refractivity contribution in [2.24, 2.45) is 0 Å². The highest BCUT2D eigenvalue weighted by atomic mass is 16.5. The maximum atomic E-state index is 11.5. The molecule has 0 atom stereocenters. The predicted octanol–water partition coefficient (Wildman–Crippen LogP) is 2.35. The summed E-state index contributed by atoms with van der Waals surface area (Å²) in [5.74, 6) is 0.568. The van der Waals surface area contributed by atoms with Gasteiger partial charge in [0.25, 0.3) is 0 Å². The molecule has 0 aromatic carbocycles. The molecule has 2 rings (SSSR count). The summed E-state index contributed by atoms with van der Waals surface area (Å²) >= 11 is 0. The van der Waals surface area contributed by atoms with E-state index in [1.54, 1.807) is 11.2 Å². The van der Waals surface area contributed by atoms with Crippen LogP contribution < -0.4 is 0 Å². The summed E-state index contributed by atoms with van der Waals surface area (Å²) in [6.45, 7) is 6.31. The molecule has 0 N–H and O–H groups in total. The van der Waals surface area contributed by atoms with Gasteiger partial charge >= 0.3 is 6.09 Å². The average Bonchev–Trinajstić information content (AvgIpc) is 2.76. The number of hydrogen-bond acceptors (Lipinski definition) is 4. The second-order valence-electron chi connectivity index (χ2n) is 3.78. The summed E-state index contributed by atoms with van der Waals surface area (Å²) in [6, 6.07) is 0. The second kappa shape index (κ2) is 4.86. The maximum Gasteiger partial charge on any atom is 0.414 e.